The van der Waals surface area contributed by atoms with E-state index in [0.717, 1.165) is 6.42 Å². The van der Waals surface area contributed by atoms with E-state index in [9.17, 15) is 9.18 Å². The van der Waals surface area contributed by atoms with Gasteiger partial charge in [0.2, 0.25) is 5.91 Å². The van der Waals surface area contributed by atoms with Gasteiger partial charge in [-0.3, -0.25) is 4.79 Å². The molecule has 0 aliphatic rings. The minimum atomic E-state index is -0.976. The third-order valence-electron chi connectivity index (χ3n) is 3.61. The molecule has 1 amide bonds. The number of methoxy groups -OCH3 is 2. The van der Waals surface area contributed by atoms with Crippen LogP contribution in [-0.4, -0.2) is 25.7 Å². The molecule has 6 heteroatoms. The topological polar surface area (TPSA) is 73.6 Å². The predicted octanol–water partition coefficient (Wildman–Crippen LogP) is 2.54. The number of hydrogen-bond acceptors (Lipinski definition) is 4. The van der Waals surface area contributed by atoms with Crippen LogP contribution in [0.3, 0.4) is 0 Å². The molecule has 0 bridgehead atoms. The Balaban J connectivity index is 2.99. The first-order valence-electron chi connectivity index (χ1n) is 7.28. The summed E-state index contributed by atoms with van der Waals surface area (Å²) in [4.78, 5) is 12.2. The van der Waals surface area contributed by atoms with Gasteiger partial charge in [0.15, 0.2) is 11.5 Å². The van der Waals surface area contributed by atoms with Crippen molar-refractivity contribution in [1.29, 1.82) is 0 Å². The second kappa shape index (κ2) is 7.45. The second-order valence-electron chi connectivity index (χ2n) is 5.59. The number of halogens is 1. The van der Waals surface area contributed by atoms with Crippen molar-refractivity contribution in [2.75, 3.05) is 14.2 Å². The molecule has 0 saturated carbocycles. The Morgan fingerprint density at radius 2 is 1.91 bits per heavy atom. The number of carbonyl (C=O) groups is 1. The van der Waals surface area contributed by atoms with Gasteiger partial charge in [0.05, 0.1) is 25.8 Å². The van der Waals surface area contributed by atoms with E-state index in [0.29, 0.717) is 23.5 Å². The first kappa shape index (κ1) is 18.2. The van der Waals surface area contributed by atoms with Crippen LogP contribution in [0.2, 0.25) is 0 Å². The Morgan fingerprint density at radius 3 is 2.41 bits per heavy atom. The number of amides is 1. The Bertz CT molecular complexity index is 532. The van der Waals surface area contributed by atoms with E-state index in [-0.39, 0.29) is 5.91 Å². The fraction of sp³-hybridized carbons (Fsp3) is 0.562. The minimum absolute atomic E-state index is 0.303. The Hall–Kier alpha value is -1.82. The molecule has 3 N–H and O–H groups in total. The highest BCUT2D eigenvalue weighted by molar-refractivity contribution is 5.85. The van der Waals surface area contributed by atoms with Gasteiger partial charge in [0.25, 0.3) is 0 Å². The van der Waals surface area contributed by atoms with Crippen molar-refractivity contribution in [3.63, 3.8) is 0 Å². The van der Waals surface area contributed by atoms with Crippen molar-refractivity contribution in [2.45, 2.75) is 45.2 Å². The molecule has 5 nitrogen and oxygen atoms in total. The number of benzene rings is 1. The normalized spacial score (nSPS) is 14.9. The van der Waals surface area contributed by atoms with Gasteiger partial charge < -0.3 is 20.5 Å². The Kier molecular flexibility index (Phi) is 6.17. The molecule has 0 fully saturated rings. The molecular formula is C16H25FN2O3. The summed E-state index contributed by atoms with van der Waals surface area (Å²) in [5, 5.41) is 2.75. The summed E-state index contributed by atoms with van der Waals surface area (Å²) in [6, 6.07) is 2.23. The van der Waals surface area contributed by atoms with Gasteiger partial charge in [-0.2, -0.15) is 0 Å². The highest BCUT2D eigenvalue weighted by Crippen LogP contribution is 2.32. The van der Waals surface area contributed by atoms with Crippen molar-refractivity contribution >= 4 is 5.91 Å². The summed E-state index contributed by atoms with van der Waals surface area (Å²) >= 11 is 0. The van der Waals surface area contributed by atoms with Crippen molar-refractivity contribution in [1.82, 2.24) is 5.32 Å². The molecule has 1 aromatic rings. The van der Waals surface area contributed by atoms with Crippen LogP contribution in [-0.2, 0) is 4.79 Å². The molecule has 124 valence electrons. The van der Waals surface area contributed by atoms with E-state index in [1.807, 2.05) is 6.92 Å². The third kappa shape index (κ3) is 4.10. The molecule has 0 spiro atoms. The lowest BCUT2D eigenvalue weighted by molar-refractivity contribution is -0.126. The molecule has 0 aromatic heterocycles. The average molecular weight is 312 g/mol. The van der Waals surface area contributed by atoms with Crippen LogP contribution in [0.5, 0.6) is 11.5 Å². The van der Waals surface area contributed by atoms with Gasteiger partial charge in [-0.25, -0.2) is 4.39 Å². The average Bonchev–Trinajstić information content (AvgIpc) is 2.46. The third-order valence-corrected chi connectivity index (χ3v) is 3.61. The maximum absolute atomic E-state index is 14.2. The minimum Gasteiger partial charge on any atom is -0.493 e. The summed E-state index contributed by atoms with van der Waals surface area (Å²) < 4.78 is 24.4. The van der Waals surface area contributed by atoms with Crippen molar-refractivity contribution in [2.24, 2.45) is 5.73 Å². The fourth-order valence-corrected chi connectivity index (χ4v) is 2.27. The fourth-order valence-electron chi connectivity index (χ4n) is 2.27. The van der Waals surface area contributed by atoms with E-state index in [2.05, 4.69) is 5.32 Å². The lowest BCUT2D eigenvalue weighted by Crippen LogP contribution is -2.52. The number of hydrogen-bond donors (Lipinski definition) is 2. The zero-order chi connectivity index (χ0) is 16.9. The molecule has 0 saturated heterocycles. The van der Waals surface area contributed by atoms with Crippen molar-refractivity contribution in [3.8, 4) is 11.5 Å². The lowest BCUT2D eigenvalue weighted by atomic mass is 9.95. The van der Waals surface area contributed by atoms with E-state index in [4.69, 9.17) is 15.2 Å². The summed E-state index contributed by atoms with van der Waals surface area (Å²) in [6.07, 6.45) is 1.35. The predicted molar refractivity (Wildman–Crippen MR) is 83.6 cm³/mol. The number of nitrogens with two attached hydrogens (primary N) is 1. The highest BCUT2D eigenvalue weighted by Gasteiger charge is 2.29. The van der Waals surface area contributed by atoms with Crippen LogP contribution in [0.15, 0.2) is 12.1 Å². The maximum Gasteiger partial charge on any atom is 0.240 e. The summed E-state index contributed by atoms with van der Waals surface area (Å²) in [5.74, 6) is -0.0725. The molecule has 0 aliphatic carbocycles. The van der Waals surface area contributed by atoms with Crippen LogP contribution < -0.4 is 20.5 Å². The van der Waals surface area contributed by atoms with Crippen LogP contribution >= 0.6 is 0 Å². The van der Waals surface area contributed by atoms with Crippen LogP contribution in [0, 0.1) is 5.82 Å². The largest absolute Gasteiger partial charge is 0.493 e. The van der Waals surface area contributed by atoms with Crippen LogP contribution in [0.25, 0.3) is 0 Å². The molecule has 1 aromatic carbocycles. The lowest BCUT2D eigenvalue weighted by Gasteiger charge is -2.26. The maximum atomic E-state index is 14.2. The first-order chi connectivity index (χ1) is 10.3. The molecule has 2 unspecified atom stereocenters. The van der Waals surface area contributed by atoms with Gasteiger partial charge in [0.1, 0.15) is 5.82 Å². The van der Waals surface area contributed by atoms with E-state index < -0.39 is 17.4 Å². The second-order valence-corrected chi connectivity index (χ2v) is 5.59. The van der Waals surface area contributed by atoms with Crippen molar-refractivity contribution in [3.05, 3.63) is 23.5 Å². The highest BCUT2D eigenvalue weighted by atomic mass is 19.1. The summed E-state index contributed by atoms with van der Waals surface area (Å²) in [7, 11) is 2.91. The SMILES string of the molecule is CCCC(C)(N)C(=O)NC(C)c1cc(OC)c(OC)cc1F. The van der Waals surface area contributed by atoms with E-state index in [1.165, 1.54) is 26.4 Å². The zero-order valence-electron chi connectivity index (χ0n) is 13.8. The quantitative estimate of drug-likeness (QED) is 0.811. The van der Waals surface area contributed by atoms with Gasteiger partial charge in [-0.05, 0) is 26.3 Å². The standard InChI is InChI=1S/C16H25FN2O3/c1-6-7-16(3,18)15(20)19-10(2)11-8-13(21-4)14(22-5)9-12(11)17/h8-10H,6-7,18H2,1-5H3,(H,19,20). The number of ether oxygens (including phenoxy) is 2. The number of nitrogens with one attached hydrogen (secondary N) is 1. The summed E-state index contributed by atoms with van der Waals surface area (Å²) in [5.41, 5.74) is 5.33. The number of rotatable bonds is 7. The van der Waals surface area contributed by atoms with E-state index >= 15 is 0 Å². The molecule has 0 heterocycles. The van der Waals surface area contributed by atoms with Gasteiger partial charge in [-0.1, -0.05) is 13.3 Å². The molecule has 22 heavy (non-hydrogen) atoms. The first-order valence-corrected chi connectivity index (χ1v) is 7.28. The monoisotopic (exact) mass is 312 g/mol. The Morgan fingerprint density at radius 1 is 1.36 bits per heavy atom. The van der Waals surface area contributed by atoms with Gasteiger partial charge in [0, 0.05) is 11.6 Å². The van der Waals surface area contributed by atoms with Gasteiger partial charge >= 0.3 is 0 Å². The van der Waals surface area contributed by atoms with Crippen LogP contribution in [0.4, 0.5) is 4.39 Å². The number of carbonyl (C=O) groups excluding carboxylic acids is 1. The van der Waals surface area contributed by atoms with Crippen LogP contribution in [0.1, 0.15) is 45.2 Å². The molecule has 0 radical (unpaired) electrons. The zero-order valence-corrected chi connectivity index (χ0v) is 13.8. The molecule has 2 atom stereocenters. The van der Waals surface area contributed by atoms with E-state index in [1.54, 1.807) is 13.8 Å². The molecule has 0 aliphatic heterocycles. The molecular weight excluding hydrogens is 287 g/mol. The summed E-state index contributed by atoms with van der Waals surface area (Å²) in [6.45, 7) is 5.32. The smallest absolute Gasteiger partial charge is 0.240 e. The van der Waals surface area contributed by atoms with Gasteiger partial charge in [-0.15, -0.1) is 0 Å². The van der Waals surface area contributed by atoms with Crippen molar-refractivity contribution < 1.29 is 18.7 Å². The molecule has 1 rings (SSSR count). The Labute approximate surface area is 131 Å².